The van der Waals surface area contributed by atoms with Gasteiger partial charge in [-0.2, -0.15) is 0 Å². The summed E-state index contributed by atoms with van der Waals surface area (Å²) in [4.78, 5) is 0. The van der Waals surface area contributed by atoms with E-state index in [1.807, 2.05) is 6.92 Å². The van der Waals surface area contributed by atoms with E-state index < -0.39 is 0 Å². The van der Waals surface area contributed by atoms with E-state index in [0.717, 1.165) is 36.3 Å². The van der Waals surface area contributed by atoms with Crippen LogP contribution in [0, 0.1) is 5.41 Å². The smallest absolute Gasteiger partial charge is 0.197 e. The van der Waals surface area contributed by atoms with Gasteiger partial charge in [-0.1, -0.05) is 77.1 Å². The third-order valence-electron chi connectivity index (χ3n) is 6.95. The molecule has 1 unspecified atom stereocenters. The van der Waals surface area contributed by atoms with Crippen molar-refractivity contribution in [2.75, 3.05) is 26.2 Å². The lowest BCUT2D eigenvalue weighted by Gasteiger charge is -2.41. The third kappa shape index (κ3) is 8.91. The molecule has 0 aromatic heterocycles. The average Bonchev–Trinajstić information content (AvgIpc) is 2.74. The Morgan fingerprint density at radius 1 is 0.853 bits per heavy atom. The first-order valence-electron chi connectivity index (χ1n) is 12.8. The average molecular weight is 488 g/mol. The van der Waals surface area contributed by atoms with Crippen molar-refractivity contribution in [2.24, 2.45) is 5.41 Å². The predicted molar refractivity (Wildman–Crippen MR) is 138 cm³/mol. The molecule has 1 saturated heterocycles. The number of likely N-dealkylation sites (tertiary alicyclic amines) is 1. The summed E-state index contributed by atoms with van der Waals surface area (Å²) in [6.07, 6.45) is 4.88. The summed E-state index contributed by atoms with van der Waals surface area (Å²) < 4.78 is 13.4. The van der Waals surface area contributed by atoms with Crippen LogP contribution in [0.1, 0.15) is 78.4 Å². The number of benzene rings is 2. The molecule has 0 aliphatic carbocycles. The van der Waals surface area contributed by atoms with Crippen molar-refractivity contribution in [3.05, 3.63) is 65.7 Å². The summed E-state index contributed by atoms with van der Waals surface area (Å²) in [5.74, 6) is 0.879. The van der Waals surface area contributed by atoms with E-state index in [4.69, 9.17) is 9.47 Å². The molecule has 190 valence electrons. The van der Waals surface area contributed by atoms with Crippen molar-refractivity contribution in [1.82, 2.24) is 0 Å². The SMILES string of the molecule is CC(OCC[N+]1(Cc2ccccc2)CCCCC1)Oc1ccc(C(C)(C)CC(C)(C)C)cc1.[Cl-]. The van der Waals surface area contributed by atoms with Gasteiger partial charge in [0.25, 0.3) is 0 Å². The maximum Gasteiger partial charge on any atom is 0.197 e. The topological polar surface area (TPSA) is 18.5 Å². The highest BCUT2D eigenvalue weighted by Gasteiger charge is 2.30. The number of hydrogen-bond acceptors (Lipinski definition) is 2. The molecule has 1 heterocycles. The van der Waals surface area contributed by atoms with Crippen LogP contribution in [0.5, 0.6) is 5.75 Å². The number of quaternary nitrogens is 1. The fourth-order valence-corrected chi connectivity index (χ4v) is 5.67. The van der Waals surface area contributed by atoms with Crippen LogP contribution in [0.3, 0.4) is 0 Å². The summed E-state index contributed by atoms with van der Waals surface area (Å²) in [5, 5.41) is 0. The third-order valence-corrected chi connectivity index (χ3v) is 6.95. The standard InChI is InChI=1S/C30H46NO2.ClH/c1-25(33-28-17-15-27(16-18-28)30(5,6)24-29(2,3)4)32-22-21-31(19-11-8-12-20-31)23-26-13-9-7-10-14-26;/h7,9-10,13-18,25H,8,11-12,19-24H2,1-6H3;1H/q+1;/p-1. The molecule has 1 atom stereocenters. The Labute approximate surface area is 214 Å². The van der Waals surface area contributed by atoms with Gasteiger partial charge in [0.2, 0.25) is 0 Å². The maximum atomic E-state index is 6.14. The van der Waals surface area contributed by atoms with E-state index in [9.17, 15) is 0 Å². The first-order valence-corrected chi connectivity index (χ1v) is 12.8. The Bertz CT molecular complexity index is 836. The Kier molecular flexibility index (Phi) is 10.5. The van der Waals surface area contributed by atoms with Gasteiger partial charge in [0, 0.05) is 5.56 Å². The molecule has 0 spiro atoms. The molecule has 3 rings (SSSR count). The van der Waals surface area contributed by atoms with Crippen molar-refractivity contribution in [3.8, 4) is 5.75 Å². The molecule has 1 aliphatic heterocycles. The number of ether oxygens (including phenoxy) is 2. The fourth-order valence-electron chi connectivity index (χ4n) is 5.67. The Hall–Kier alpha value is -1.55. The summed E-state index contributed by atoms with van der Waals surface area (Å²) >= 11 is 0. The van der Waals surface area contributed by atoms with Crippen LogP contribution in [0.4, 0.5) is 0 Å². The van der Waals surface area contributed by atoms with Crippen molar-refractivity contribution in [3.63, 3.8) is 0 Å². The maximum absolute atomic E-state index is 6.14. The molecule has 1 aliphatic rings. The van der Waals surface area contributed by atoms with Crippen LogP contribution < -0.4 is 17.1 Å². The molecule has 34 heavy (non-hydrogen) atoms. The van der Waals surface area contributed by atoms with Crippen molar-refractivity contribution in [1.29, 1.82) is 0 Å². The molecule has 0 saturated carbocycles. The van der Waals surface area contributed by atoms with Gasteiger partial charge in [-0.25, -0.2) is 0 Å². The van der Waals surface area contributed by atoms with Gasteiger partial charge in [0.1, 0.15) is 18.8 Å². The van der Waals surface area contributed by atoms with E-state index in [-0.39, 0.29) is 24.1 Å². The number of nitrogens with zero attached hydrogens (tertiary/aromatic N) is 1. The minimum atomic E-state index is -0.250. The summed E-state index contributed by atoms with van der Waals surface area (Å²) in [7, 11) is 0. The van der Waals surface area contributed by atoms with Gasteiger partial charge in [0.15, 0.2) is 6.29 Å². The van der Waals surface area contributed by atoms with E-state index in [0.29, 0.717) is 5.41 Å². The van der Waals surface area contributed by atoms with Crippen LogP contribution in [-0.2, 0) is 16.7 Å². The zero-order valence-electron chi connectivity index (χ0n) is 22.3. The zero-order chi connectivity index (χ0) is 24.0. The van der Waals surface area contributed by atoms with E-state index in [1.54, 1.807) is 0 Å². The van der Waals surface area contributed by atoms with Crippen molar-refractivity contribution >= 4 is 0 Å². The van der Waals surface area contributed by atoms with Crippen molar-refractivity contribution in [2.45, 2.75) is 85.5 Å². The number of rotatable bonds is 10. The monoisotopic (exact) mass is 487 g/mol. The molecule has 0 amide bonds. The molecule has 2 aromatic carbocycles. The summed E-state index contributed by atoms with van der Waals surface area (Å²) in [6.45, 7) is 19.0. The Balaban J connectivity index is 0.00000408. The van der Waals surface area contributed by atoms with Gasteiger partial charge in [-0.15, -0.1) is 0 Å². The van der Waals surface area contributed by atoms with Crippen molar-refractivity contribution < 1.29 is 26.4 Å². The second-order valence-electron chi connectivity index (χ2n) is 11.9. The molecular weight excluding hydrogens is 442 g/mol. The lowest BCUT2D eigenvalue weighted by Crippen LogP contribution is -3.00. The van der Waals surface area contributed by atoms with Crippen LogP contribution >= 0.6 is 0 Å². The highest BCUT2D eigenvalue weighted by atomic mass is 35.5. The molecule has 4 heteroatoms. The number of halogens is 1. The molecule has 1 fully saturated rings. The van der Waals surface area contributed by atoms with Gasteiger partial charge in [-0.3, -0.25) is 0 Å². The molecule has 0 radical (unpaired) electrons. The van der Waals surface area contributed by atoms with Crippen LogP contribution in [0.25, 0.3) is 0 Å². The molecule has 0 bridgehead atoms. The quantitative estimate of drug-likeness (QED) is 0.366. The van der Waals surface area contributed by atoms with Crippen LogP contribution in [0.2, 0.25) is 0 Å². The largest absolute Gasteiger partial charge is 1.00 e. The number of piperidine rings is 1. The second kappa shape index (κ2) is 12.4. The van der Waals surface area contributed by atoms with Gasteiger partial charge in [0.05, 0.1) is 19.7 Å². The van der Waals surface area contributed by atoms with Gasteiger partial charge >= 0.3 is 0 Å². The van der Waals surface area contributed by atoms with E-state index in [1.165, 1.54) is 43.5 Å². The highest BCUT2D eigenvalue weighted by molar-refractivity contribution is 5.31. The highest BCUT2D eigenvalue weighted by Crippen LogP contribution is 2.36. The summed E-state index contributed by atoms with van der Waals surface area (Å²) in [6, 6.07) is 19.5. The molecule has 0 N–H and O–H groups in total. The van der Waals surface area contributed by atoms with Crippen LogP contribution in [-0.4, -0.2) is 37.0 Å². The summed E-state index contributed by atoms with van der Waals surface area (Å²) in [5.41, 5.74) is 3.23. The van der Waals surface area contributed by atoms with Gasteiger partial charge < -0.3 is 26.4 Å². The first-order chi connectivity index (χ1) is 15.6. The van der Waals surface area contributed by atoms with Gasteiger partial charge in [-0.05, 0) is 61.1 Å². The molecular formula is C30H46ClNO2. The first kappa shape index (κ1) is 28.7. The number of hydrogen-bond donors (Lipinski definition) is 0. The lowest BCUT2D eigenvalue weighted by atomic mass is 9.72. The van der Waals surface area contributed by atoms with Crippen LogP contribution in [0.15, 0.2) is 54.6 Å². The van der Waals surface area contributed by atoms with E-state index >= 15 is 0 Å². The minimum absolute atomic E-state index is 0. The zero-order valence-corrected chi connectivity index (χ0v) is 23.0. The van der Waals surface area contributed by atoms with E-state index in [2.05, 4.69) is 89.2 Å². The molecule has 3 nitrogen and oxygen atoms in total. The minimum Gasteiger partial charge on any atom is -1.00 e. The molecule has 2 aromatic rings. The predicted octanol–water partition coefficient (Wildman–Crippen LogP) is 4.35. The normalized spacial score (nSPS) is 17.0. The Morgan fingerprint density at radius 2 is 1.47 bits per heavy atom. The lowest BCUT2D eigenvalue weighted by molar-refractivity contribution is -0.945. The fraction of sp³-hybridized carbons (Fsp3) is 0.600. The Morgan fingerprint density at radius 3 is 2.06 bits per heavy atom. The second-order valence-corrected chi connectivity index (χ2v) is 11.9.